The van der Waals surface area contributed by atoms with Gasteiger partial charge in [0, 0.05) is 36.3 Å². The lowest BCUT2D eigenvalue weighted by molar-refractivity contribution is -0.122. The van der Waals surface area contributed by atoms with Crippen LogP contribution in [0.15, 0.2) is 43.0 Å². The van der Waals surface area contributed by atoms with Gasteiger partial charge < -0.3 is 9.88 Å². The number of nitrogens with one attached hydrogen (secondary N) is 1. The van der Waals surface area contributed by atoms with E-state index in [1.54, 1.807) is 25.5 Å². The molecule has 1 aromatic heterocycles. The van der Waals surface area contributed by atoms with Crippen molar-refractivity contribution >= 4 is 11.7 Å². The second kappa shape index (κ2) is 7.59. The number of aromatic nitrogens is 2. The van der Waals surface area contributed by atoms with Gasteiger partial charge in [0.25, 0.3) is 0 Å². The van der Waals surface area contributed by atoms with Crippen LogP contribution >= 0.6 is 0 Å². The number of hydrogen-bond acceptors (Lipinski definition) is 3. The number of ketones is 1. The molecule has 0 radical (unpaired) electrons. The average molecular weight is 343 g/mol. The number of halogens is 1. The van der Waals surface area contributed by atoms with E-state index in [1.807, 2.05) is 10.8 Å². The van der Waals surface area contributed by atoms with Gasteiger partial charge in [0.05, 0.1) is 12.4 Å². The zero-order valence-electron chi connectivity index (χ0n) is 14.2. The zero-order valence-corrected chi connectivity index (χ0v) is 14.2. The molecule has 1 aliphatic carbocycles. The van der Waals surface area contributed by atoms with Crippen molar-refractivity contribution in [3.63, 3.8) is 0 Å². The van der Waals surface area contributed by atoms with Crippen LogP contribution in [-0.4, -0.2) is 27.3 Å². The van der Waals surface area contributed by atoms with Gasteiger partial charge in [0.1, 0.15) is 5.82 Å². The molecule has 0 spiro atoms. The number of imidazole rings is 1. The highest BCUT2D eigenvalue weighted by molar-refractivity contribution is 5.99. The van der Waals surface area contributed by atoms with Gasteiger partial charge in [-0.05, 0) is 31.4 Å². The average Bonchev–Trinajstić information content (AvgIpc) is 3.25. The standard InChI is InChI=1S/C19H22FN3O2/c1-13(19(25)14-4-2-5-15(20)11-14)10-18(24)22-16-6-3-7-17(16)23-9-8-21-12-23/h2,4-5,8-9,11-13,16-17H,3,6-7,10H2,1H3,(H,22,24)/t13-,16-,17-/m1/s1. The van der Waals surface area contributed by atoms with Crippen LogP contribution in [0.1, 0.15) is 49.0 Å². The van der Waals surface area contributed by atoms with Crippen molar-refractivity contribution in [1.29, 1.82) is 0 Å². The summed E-state index contributed by atoms with van der Waals surface area (Å²) in [6, 6.07) is 5.85. The highest BCUT2D eigenvalue weighted by atomic mass is 19.1. The van der Waals surface area contributed by atoms with Gasteiger partial charge in [0.15, 0.2) is 5.78 Å². The first-order valence-electron chi connectivity index (χ1n) is 8.61. The smallest absolute Gasteiger partial charge is 0.221 e. The van der Waals surface area contributed by atoms with E-state index in [1.165, 1.54) is 18.2 Å². The molecule has 25 heavy (non-hydrogen) atoms. The van der Waals surface area contributed by atoms with Crippen LogP contribution in [0.2, 0.25) is 0 Å². The van der Waals surface area contributed by atoms with E-state index in [2.05, 4.69) is 10.3 Å². The lowest BCUT2D eigenvalue weighted by Crippen LogP contribution is -2.39. The Balaban J connectivity index is 1.57. The summed E-state index contributed by atoms with van der Waals surface area (Å²) in [6.07, 6.45) is 8.47. The molecule has 0 unspecified atom stereocenters. The molecule has 1 amide bonds. The van der Waals surface area contributed by atoms with Gasteiger partial charge in [-0.3, -0.25) is 9.59 Å². The summed E-state index contributed by atoms with van der Waals surface area (Å²) in [5, 5.41) is 3.05. The monoisotopic (exact) mass is 343 g/mol. The van der Waals surface area contributed by atoms with E-state index < -0.39 is 11.7 Å². The van der Waals surface area contributed by atoms with Crippen molar-refractivity contribution in [3.8, 4) is 0 Å². The molecule has 0 aliphatic heterocycles. The predicted molar refractivity (Wildman–Crippen MR) is 91.6 cm³/mol. The van der Waals surface area contributed by atoms with Crippen molar-refractivity contribution in [3.05, 3.63) is 54.4 Å². The van der Waals surface area contributed by atoms with E-state index in [0.717, 1.165) is 19.3 Å². The maximum absolute atomic E-state index is 13.3. The third kappa shape index (κ3) is 4.13. The highest BCUT2D eigenvalue weighted by Crippen LogP contribution is 2.30. The van der Waals surface area contributed by atoms with Crippen molar-refractivity contribution in [2.24, 2.45) is 5.92 Å². The second-order valence-corrected chi connectivity index (χ2v) is 6.66. The van der Waals surface area contributed by atoms with Crippen LogP contribution < -0.4 is 5.32 Å². The van der Waals surface area contributed by atoms with Crippen molar-refractivity contribution in [2.45, 2.75) is 44.7 Å². The number of carbonyl (C=O) groups excluding carboxylic acids is 2. The summed E-state index contributed by atoms with van der Waals surface area (Å²) in [4.78, 5) is 28.8. The molecule has 1 heterocycles. The van der Waals surface area contributed by atoms with Gasteiger partial charge in [-0.15, -0.1) is 0 Å². The molecule has 2 aromatic rings. The van der Waals surface area contributed by atoms with Gasteiger partial charge in [-0.25, -0.2) is 9.37 Å². The summed E-state index contributed by atoms with van der Waals surface area (Å²) in [5.74, 6) is -1.30. The van der Waals surface area contributed by atoms with Crippen LogP contribution in [0.3, 0.4) is 0 Å². The topological polar surface area (TPSA) is 64.0 Å². The first kappa shape index (κ1) is 17.3. The zero-order chi connectivity index (χ0) is 17.8. The maximum atomic E-state index is 13.3. The highest BCUT2D eigenvalue weighted by Gasteiger charge is 2.30. The number of nitrogens with zero attached hydrogens (tertiary/aromatic N) is 2. The fourth-order valence-corrected chi connectivity index (χ4v) is 3.49. The SMILES string of the molecule is C[C@H](CC(=O)N[C@@H]1CCC[C@H]1n1ccnc1)C(=O)c1cccc(F)c1. The van der Waals surface area contributed by atoms with Gasteiger partial charge in [-0.2, -0.15) is 0 Å². The maximum Gasteiger partial charge on any atom is 0.221 e. The molecular formula is C19H22FN3O2. The third-order valence-electron chi connectivity index (χ3n) is 4.78. The Bertz CT molecular complexity index is 745. The van der Waals surface area contributed by atoms with E-state index in [0.29, 0.717) is 5.56 Å². The van der Waals surface area contributed by atoms with E-state index in [-0.39, 0.29) is 30.2 Å². The summed E-state index contributed by atoms with van der Waals surface area (Å²) < 4.78 is 15.3. The molecule has 0 bridgehead atoms. The number of carbonyl (C=O) groups is 2. The Morgan fingerprint density at radius 3 is 2.96 bits per heavy atom. The van der Waals surface area contributed by atoms with Crippen LogP contribution in [0.4, 0.5) is 4.39 Å². The molecule has 6 heteroatoms. The first-order chi connectivity index (χ1) is 12.0. The Kier molecular flexibility index (Phi) is 5.26. The Hall–Kier alpha value is -2.50. The van der Waals surface area contributed by atoms with Crippen molar-refractivity contribution in [1.82, 2.24) is 14.9 Å². The Morgan fingerprint density at radius 2 is 2.24 bits per heavy atom. The largest absolute Gasteiger partial charge is 0.351 e. The Morgan fingerprint density at radius 1 is 1.40 bits per heavy atom. The number of hydrogen-bond donors (Lipinski definition) is 1. The lowest BCUT2D eigenvalue weighted by atomic mass is 9.96. The molecule has 1 saturated carbocycles. The van der Waals surface area contributed by atoms with Crippen LogP contribution in [-0.2, 0) is 4.79 Å². The molecule has 1 N–H and O–H groups in total. The molecule has 0 saturated heterocycles. The normalized spacial score (nSPS) is 21.0. The minimum atomic E-state index is -0.491. The second-order valence-electron chi connectivity index (χ2n) is 6.66. The third-order valence-corrected chi connectivity index (χ3v) is 4.78. The van der Waals surface area contributed by atoms with E-state index in [4.69, 9.17) is 0 Å². The number of Topliss-reactive ketones (excluding diaryl/α,β-unsaturated/α-hetero) is 1. The van der Waals surface area contributed by atoms with Crippen LogP contribution in [0, 0.1) is 11.7 Å². The minimum Gasteiger partial charge on any atom is -0.351 e. The van der Waals surface area contributed by atoms with Crippen LogP contribution in [0.25, 0.3) is 0 Å². The molecule has 3 rings (SSSR count). The predicted octanol–water partition coefficient (Wildman–Crippen LogP) is 3.14. The van der Waals surface area contributed by atoms with Gasteiger partial charge in [0.2, 0.25) is 5.91 Å². The molecule has 1 aromatic carbocycles. The van der Waals surface area contributed by atoms with Crippen molar-refractivity contribution < 1.29 is 14.0 Å². The fraction of sp³-hybridized carbons (Fsp3) is 0.421. The number of benzene rings is 1. The summed E-state index contributed by atoms with van der Waals surface area (Å²) in [6.45, 7) is 1.70. The molecule has 3 atom stereocenters. The van der Waals surface area contributed by atoms with Gasteiger partial charge >= 0.3 is 0 Å². The molecule has 5 nitrogen and oxygen atoms in total. The lowest BCUT2D eigenvalue weighted by Gasteiger charge is -2.22. The summed E-state index contributed by atoms with van der Waals surface area (Å²) in [5.41, 5.74) is 0.303. The summed E-state index contributed by atoms with van der Waals surface area (Å²) >= 11 is 0. The number of rotatable bonds is 6. The molecule has 132 valence electrons. The fourth-order valence-electron chi connectivity index (χ4n) is 3.49. The van der Waals surface area contributed by atoms with Crippen molar-refractivity contribution in [2.75, 3.05) is 0 Å². The molecular weight excluding hydrogens is 321 g/mol. The van der Waals surface area contributed by atoms with E-state index >= 15 is 0 Å². The summed E-state index contributed by atoms with van der Waals surface area (Å²) in [7, 11) is 0. The minimum absolute atomic E-state index is 0.0539. The van der Waals surface area contributed by atoms with Gasteiger partial charge in [-0.1, -0.05) is 19.1 Å². The van der Waals surface area contributed by atoms with Crippen LogP contribution in [0.5, 0.6) is 0 Å². The Labute approximate surface area is 146 Å². The first-order valence-corrected chi connectivity index (χ1v) is 8.61. The molecule has 1 aliphatic rings. The molecule has 1 fully saturated rings. The number of amides is 1. The van der Waals surface area contributed by atoms with E-state index in [9.17, 15) is 14.0 Å². The quantitative estimate of drug-likeness (QED) is 0.820.